The highest BCUT2D eigenvalue weighted by Crippen LogP contribution is 2.29. The molecule has 5 heteroatoms. The fourth-order valence-corrected chi connectivity index (χ4v) is 2.81. The average molecular weight is 358 g/mol. The molecule has 0 aliphatic carbocycles. The predicted molar refractivity (Wildman–Crippen MR) is 109 cm³/mol. The number of amidine groups is 1. The maximum atomic E-state index is 11.3. The third kappa shape index (κ3) is 3.54. The van der Waals surface area contributed by atoms with Crippen LogP contribution in [0.4, 0.5) is 0 Å². The van der Waals surface area contributed by atoms with E-state index in [1.807, 2.05) is 30.3 Å². The Morgan fingerprint density at radius 2 is 1.77 bits per heavy atom. The van der Waals surface area contributed by atoms with Gasteiger partial charge in [0.05, 0.1) is 5.56 Å². The lowest BCUT2D eigenvalue weighted by molar-refractivity contribution is 0.0697. The molecule has 126 valence electrons. The van der Waals surface area contributed by atoms with Crippen LogP contribution in [0.25, 0.3) is 21.9 Å². The van der Waals surface area contributed by atoms with E-state index in [-0.39, 0.29) is 11.4 Å². The highest BCUT2D eigenvalue weighted by molar-refractivity contribution is 7.42. The molecule has 0 aliphatic rings. The van der Waals surface area contributed by atoms with Gasteiger partial charge in [0.15, 0.2) is 5.84 Å². The number of nitrogens with one attached hydrogen (secondary N) is 1. The van der Waals surface area contributed by atoms with Crippen molar-refractivity contribution in [2.24, 2.45) is 4.99 Å². The molecule has 0 amide bonds. The Morgan fingerprint density at radius 3 is 2.42 bits per heavy atom. The van der Waals surface area contributed by atoms with Crippen molar-refractivity contribution in [1.82, 2.24) is 0 Å². The van der Waals surface area contributed by atoms with E-state index in [1.165, 1.54) is 0 Å². The second-order valence-corrected chi connectivity index (χ2v) is 6.16. The molecule has 0 saturated carbocycles. The largest absolute Gasteiger partial charge is 0.478 e. The number of terminal acetylenes is 1. The zero-order chi connectivity index (χ0) is 18.7. The minimum absolute atomic E-state index is 0.0885. The summed E-state index contributed by atoms with van der Waals surface area (Å²) >= 11 is 0. The standard InChI is InChI=1S/C21H15N2O2P/c1-2-19(26)23-20(22)15-9-6-14(7-10-15)17-5-3-4-13-8-11-16(21(24)25)12-18(13)17/h1,3-12,22H,26H2,(H,24,25). The Hall–Kier alpha value is -3.28. The van der Waals surface area contributed by atoms with Gasteiger partial charge in [-0.3, -0.25) is 5.41 Å². The van der Waals surface area contributed by atoms with Gasteiger partial charge >= 0.3 is 5.97 Å². The number of aliphatic imine (C=N–C) groups is 1. The summed E-state index contributed by atoms with van der Waals surface area (Å²) in [5.41, 5.74) is 3.13. The molecule has 3 aromatic rings. The first-order valence-corrected chi connectivity index (χ1v) is 8.33. The molecule has 1 unspecified atom stereocenters. The van der Waals surface area contributed by atoms with Crippen molar-refractivity contribution >= 4 is 37.3 Å². The third-order valence-electron chi connectivity index (χ3n) is 3.98. The molecular formula is C21H15N2O2P. The molecule has 3 rings (SSSR count). The van der Waals surface area contributed by atoms with Crippen molar-refractivity contribution in [3.8, 4) is 23.5 Å². The second kappa shape index (κ2) is 7.31. The maximum absolute atomic E-state index is 11.3. The molecule has 0 bridgehead atoms. The van der Waals surface area contributed by atoms with E-state index in [0.29, 0.717) is 11.0 Å². The molecule has 26 heavy (non-hydrogen) atoms. The van der Waals surface area contributed by atoms with E-state index < -0.39 is 5.97 Å². The molecule has 0 spiro atoms. The first-order valence-electron chi connectivity index (χ1n) is 7.76. The van der Waals surface area contributed by atoms with Gasteiger partial charge in [-0.2, -0.15) is 0 Å². The van der Waals surface area contributed by atoms with Crippen LogP contribution in [0, 0.1) is 17.8 Å². The summed E-state index contributed by atoms with van der Waals surface area (Å²) in [6.45, 7) is 0. The van der Waals surface area contributed by atoms with Crippen LogP contribution in [0.3, 0.4) is 0 Å². The van der Waals surface area contributed by atoms with Crippen molar-refractivity contribution < 1.29 is 9.90 Å². The van der Waals surface area contributed by atoms with Crippen LogP contribution in [-0.4, -0.2) is 22.4 Å². The van der Waals surface area contributed by atoms with E-state index in [4.69, 9.17) is 11.8 Å². The maximum Gasteiger partial charge on any atom is 0.335 e. The number of carboxylic acids is 1. The van der Waals surface area contributed by atoms with Crippen LogP contribution >= 0.6 is 9.24 Å². The first kappa shape index (κ1) is 17.5. The number of benzene rings is 3. The molecule has 0 saturated heterocycles. The Kier molecular flexibility index (Phi) is 4.93. The number of hydrogen-bond acceptors (Lipinski definition) is 2. The molecule has 0 heterocycles. The Balaban J connectivity index is 2.04. The lowest BCUT2D eigenvalue weighted by Crippen LogP contribution is -1.97. The molecule has 4 nitrogen and oxygen atoms in total. The van der Waals surface area contributed by atoms with Gasteiger partial charge in [-0.15, -0.1) is 6.42 Å². The van der Waals surface area contributed by atoms with E-state index >= 15 is 0 Å². The number of fused-ring (bicyclic) bond motifs is 1. The number of carbonyl (C=O) groups is 1. The van der Waals surface area contributed by atoms with Gasteiger partial charge in [0.2, 0.25) is 0 Å². The van der Waals surface area contributed by atoms with Gasteiger partial charge < -0.3 is 5.11 Å². The fourth-order valence-electron chi connectivity index (χ4n) is 2.68. The zero-order valence-electron chi connectivity index (χ0n) is 13.7. The number of rotatable bonds is 3. The molecule has 3 aromatic carbocycles. The first-order chi connectivity index (χ1) is 12.5. The summed E-state index contributed by atoms with van der Waals surface area (Å²) in [4.78, 5) is 15.3. The highest BCUT2D eigenvalue weighted by Gasteiger charge is 2.09. The van der Waals surface area contributed by atoms with Crippen molar-refractivity contribution in [2.75, 3.05) is 0 Å². The number of hydrogen-bond donors (Lipinski definition) is 2. The van der Waals surface area contributed by atoms with Crippen LogP contribution in [0.5, 0.6) is 0 Å². The lowest BCUT2D eigenvalue weighted by Gasteiger charge is -2.09. The fraction of sp³-hybridized carbons (Fsp3) is 0. The van der Waals surface area contributed by atoms with Gasteiger partial charge in [-0.05, 0) is 34.0 Å². The van der Waals surface area contributed by atoms with Crippen LogP contribution in [0.15, 0.2) is 65.7 Å². The minimum atomic E-state index is -0.954. The zero-order valence-corrected chi connectivity index (χ0v) is 14.9. The summed E-state index contributed by atoms with van der Waals surface area (Å²) in [6, 6.07) is 18.3. The summed E-state index contributed by atoms with van der Waals surface area (Å²) < 4.78 is 0. The molecule has 0 aliphatic heterocycles. The Labute approximate surface area is 153 Å². The molecule has 2 N–H and O–H groups in total. The number of aromatic carboxylic acids is 1. The van der Waals surface area contributed by atoms with E-state index in [1.54, 1.807) is 30.3 Å². The van der Waals surface area contributed by atoms with Crippen molar-refractivity contribution in [1.29, 1.82) is 5.41 Å². The average Bonchev–Trinajstić information content (AvgIpc) is 2.67. The van der Waals surface area contributed by atoms with Gasteiger partial charge in [-0.1, -0.05) is 63.7 Å². The quantitative estimate of drug-likeness (QED) is 0.314. The molecular weight excluding hydrogens is 343 g/mol. The van der Waals surface area contributed by atoms with Gasteiger partial charge in [0.1, 0.15) is 5.45 Å². The summed E-state index contributed by atoms with van der Waals surface area (Å²) in [7, 11) is 2.31. The Bertz CT molecular complexity index is 1090. The van der Waals surface area contributed by atoms with Gasteiger partial charge in [0, 0.05) is 5.56 Å². The van der Waals surface area contributed by atoms with Crippen LogP contribution in [-0.2, 0) is 0 Å². The number of carboxylic acid groups (broad SMARTS) is 1. The summed E-state index contributed by atoms with van der Waals surface area (Å²) in [5, 5.41) is 19.1. The molecule has 1 atom stereocenters. The highest BCUT2D eigenvalue weighted by atomic mass is 31.0. The SMILES string of the molecule is C#CC(P)=NC(=N)c1ccc(-c2cccc3ccc(C(=O)O)cc23)cc1. The minimum Gasteiger partial charge on any atom is -0.478 e. The summed E-state index contributed by atoms with van der Waals surface area (Å²) in [5.74, 6) is 1.50. The van der Waals surface area contributed by atoms with Crippen molar-refractivity contribution in [3.05, 3.63) is 71.8 Å². The van der Waals surface area contributed by atoms with Crippen LogP contribution < -0.4 is 0 Å². The van der Waals surface area contributed by atoms with Crippen molar-refractivity contribution in [3.63, 3.8) is 0 Å². The molecule has 0 fully saturated rings. The summed E-state index contributed by atoms with van der Waals surface area (Å²) in [6.07, 6.45) is 5.24. The predicted octanol–water partition coefficient (Wildman–Crippen LogP) is 4.44. The van der Waals surface area contributed by atoms with Crippen LogP contribution in [0.1, 0.15) is 15.9 Å². The Morgan fingerprint density at radius 1 is 1.08 bits per heavy atom. The smallest absolute Gasteiger partial charge is 0.335 e. The normalized spacial score (nSPS) is 11.2. The second-order valence-electron chi connectivity index (χ2n) is 5.61. The lowest BCUT2D eigenvalue weighted by atomic mass is 9.96. The van der Waals surface area contributed by atoms with E-state index in [2.05, 4.69) is 20.2 Å². The topological polar surface area (TPSA) is 73.5 Å². The van der Waals surface area contributed by atoms with Gasteiger partial charge in [-0.25, -0.2) is 9.79 Å². The molecule has 0 radical (unpaired) electrons. The van der Waals surface area contributed by atoms with E-state index in [9.17, 15) is 9.90 Å². The number of nitrogens with zero attached hydrogens (tertiary/aromatic N) is 1. The van der Waals surface area contributed by atoms with E-state index in [0.717, 1.165) is 21.9 Å². The van der Waals surface area contributed by atoms with Gasteiger partial charge in [0.25, 0.3) is 0 Å². The third-order valence-corrected chi connectivity index (χ3v) is 4.27. The van der Waals surface area contributed by atoms with Crippen LogP contribution in [0.2, 0.25) is 0 Å². The monoisotopic (exact) mass is 358 g/mol. The molecule has 0 aromatic heterocycles. The van der Waals surface area contributed by atoms with Crippen molar-refractivity contribution in [2.45, 2.75) is 0 Å².